The Bertz CT molecular complexity index is 699. The average Bonchev–Trinajstić information content (AvgIpc) is 2.72. The largest absolute Gasteiger partial charge is 0.384 e. The van der Waals surface area contributed by atoms with Crippen molar-refractivity contribution in [2.75, 3.05) is 20.1 Å². The first-order valence-electron chi connectivity index (χ1n) is 9.76. The Labute approximate surface area is 200 Å². The van der Waals surface area contributed by atoms with Crippen LogP contribution in [0, 0.1) is 0 Å². The molecule has 0 atom stereocenters. The van der Waals surface area contributed by atoms with Gasteiger partial charge in [0.25, 0.3) is 0 Å². The minimum absolute atomic E-state index is 0.528. The minimum Gasteiger partial charge on any atom is -0.306 e. The van der Waals surface area contributed by atoms with E-state index < -0.39 is 99.0 Å². The van der Waals surface area contributed by atoms with E-state index in [1.165, 1.54) is 0 Å². The number of hydrogen-bond acceptors (Lipinski definition) is 1. The van der Waals surface area contributed by atoms with E-state index in [4.69, 9.17) is 0 Å². The molecule has 0 heterocycles. The molecule has 1 nitrogen and oxygen atoms in total. The van der Waals surface area contributed by atoms with Crippen LogP contribution >= 0.6 is 0 Å². The molecule has 0 aliphatic rings. The van der Waals surface area contributed by atoms with E-state index in [0.29, 0.717) is 4.90 Å². The first-order valence-corrected chi connectivity index (χ1v) is 9.76. The van der Waals surface area contributed by atoms with Gasteiger partial charge in [0, 0.05) is 12.8 Å². The maximum atomic E-state index is 13.6. The van der Waals surface area contributed by atoms with Gasteiger partial charge in [-0.1, -0.05) is 0 Å². The summed E-state index contributed by atoms with van der Waals surface area (Å²) in [6.45, 7) is -1.99. The number of halogens is 20. The van der Waals surface area contributed by atoms with Crippen molar-refractivity contribution in [3.8, 4) is 0 Å². The van der Waals surface area contributed by atoms with Gasteiger partial charge in [0.15, 0.2) is 0 Å². The van der Waals surface area contributed by atoms with Gasteiger partial charge in [0.2, 0.25) is 0 Å². The van der Waals surface area contributed by atoms with Gasteiger partial charge >= 0.3 is 60.2 Å². The molecule has 0 radical (unpaired) electrons. The van der Waals surface area contributed by atoms with Crippen LogP contribution in [0.1, 0.15) is 25.7 Å². The molecular formula is C17H17F20N. The van der Waals surface area contributed by atoms with Crippen LogP contribution < -0.4 is 0 Å². The number of alkyl halides is 20. The Hall–Kier alpha value is -1.44. The van der Waals surface area contributed by atoms with Crippen LogP contribution in [-0.4, -0.2) is 85.3 Å². The summed E-state index contributed by atoms with van der Waals surface area (Å²) in [5.74, 6) is -54.4. The monoisotopic (exact) mass is 615 g/mol. The Morgan fingerprint density at radius 1 is 0.447 bits per heavy atom. The van der Waals surface area contributed by atoms with E-state index in [-0.39, 0.29) is 0 Å². The van der Waals surface area contributed by atoms with E-state index >= 15 is 0 Å². The standard InChI is InChI=1S/C17H17F20N/c1-38(6-2-4-10(22,23)14(30,31)16(34,35)12(26,27)8(18)19)7-3-5-11(24,25)15(32,33)17(36,37)13(28,29)9(20)21/h8-9H,2-7H2,1H3. The molecule has 0 bridgehead atoms. The molecule has 0 saturated carbocycles. The Morgan fingerprint density at radius 2 is 0.684 bits per heavy atom. The SMILES string of the molecule is CN(CCCC(F)(F)C(F)(F)C(F)(F)C(F)(F)C(F)F)CCCC(F)(F)C(F)(F)C(F)(F)C(F)(F)C(F)F. The molecule has 0 unspecified atom stereocenters. The Balaban J connectivity index is 5.19. The number of hydrogen-bond donors (Lipinski definition) is 0. The lowest BCUT2D eigenvalue weighted by Crippen LogP contribution is -2.64. The predicted molar refractivity (Wildman–Crippen MR) is 87.5 cm³/mol. The van der Waals surface area contributed by atoms with Crippen LogP contribution in [0.3, 0.4) is 0 Å². The summed E-state index contributed by atoms with van der Waals surface area (Å²) in [6, 6.07) is 0. The molecule has 0 aromatic rings. The highest BCUT2D eigenvalue weighted by Gasteiger charge is 2.83. The molecule has 0 aliphatic heterocycles. The second kappa shape index (κ2) is 11.2. The third-order valence-electron chi connectivity index (χ3n) is 5.15. The molecule has 0 fully saturated rings. The molecule has 38 heavy (non-hydrogen) atoms. The average molecular weight is 615 g/mol. The van der Waals surface area contributed by atoms with Gasteiger partial charge in [-0.05, 0) is 33.0 Å². The van der Waals surface area contributed by atoms with Crippen LogP contribution in [0.15, 0.2) is 0 Å². The summed E-state index contributed by atoms with van der Waals surface area (Å²) in [5, 5.41) is 0. The fraction of sp³-hybridized carbons (Fsp3) is 1.00. The van der Waals surface area contributed by atoms with Crippen LogP contribution in [0.2, 0.25) is 0 Å². The summed E-state index contributed by atoms with van der Waals surface area (Å²) < 4.78 is 259. The fourth-order valence-corrected chi connectivity index (χ4v) is 2.72. The maximum absolute atomic E-state index is 13.6. The summed E-state index contributed by atoms with van der Waals surface area (Å²) in [4.78, 5) is 0.528. The van der Waals surface area contributed by atoms with Crippen molar-refractivity contribution in [1.29, 1.82) is 0 Å². The number of rotatable bonds is 16. The van der Waals surface area contributed by atoms with Gasteiger partial charge in [-0.25, -0.2) is 17.6 Å². The topological polar surface area (TPSA) is 3.24 Å². The first kappa shape index (κ1) is 36.6. The third kappa shape index (κ3) is 6.31. The van der Waals surface area contributed by atoms with Gasteiger partial charge in [-0.2, -0.15) is 70.2 Å². The molecule has 230 valence electrons. The molecule has 0 N–H and O–H groups in total. The molecule has 0 saturated heterocycles. The Kier molecular flexibility index (Phi) is 10.8. The van der Waals surface area contributed by atoms with Crippen LogP contribution in [0.5, 0.6) is 0 Å². The lowest BCUT2D eigenvalue weighted by molar-refractivity contribution is -0.384. The molecule has 0 spiro atoms. The molecule has 0 rings (SSSR count). The molecular weight excluding hydrogens is 598 g/mol. The van der Waals surface area contributed by atoms with Gasteiger partial charge in [-0.3, -0.25) is 0 Å². The summed E-state index contributed by atoms with van der Waals surface area (Å²) >= 11 is 0. The predicted octanol–water partition coefficient (Wildman–Crippen LogP) is 8.09. The van der Waals surface area contributed by atoms with Crippen molar-refractivity contribution in [2.45, 2.75) is 85.9 Å². The highest BCUT2D eigenvalue weighted by molar-refractivity contribution is 5.05. The van der Waals surface area contributed by atoms with Crippen LogP contribution in [0.25, 0.3) is 0 Å². The maximum Gasteiger partial charge on any atom is 0.384 e. The smallest absolute Gasteiger partial charge is 0.306 e. The van der Waals surface area contributed by atoms with E-state index in [1.54, 1.807) is 0 Å². The van der Waals surface area contributed by atoms with E-state index in [2.05, 4.69) is 0 Å². The Morgan fingerprint density at radius 3 is 0.895 bits per heavy atom. The summed E-state index contributed by atoms with van der Waals surface area (Å²) in [6.07, 6.45) is -18.4. The van der Waals surface area contributed by atoms with Crippen molar-refractivity contribution in [3.05, 3.63) is 0 Å². The van der Waals surface area contributed by atoms with Crippen molar-refractivity contribution in [3.63, 3.8) is 0 Å². The van der Waals surface area contributed by atoms with Gasteiger partial charge < -0.3 is 4.90 Å². The molecule has 0 aromatic heterocycles. The van der Waals surface area contributed by atoms with E-state index in [1.807, 2.05) is 0 Å². The van der Waals surface area contributed by atoms with Crippen molar-refractivity contribution in [2.24, 2.45) is 0 Å². The highest BCUT2D eigenvalue weighted by atomic mass is 19.4. The number of nitrogens with zero attached hydrogens (tertiary/aromatic N) is 1. The summed E-state index contributed by atoms with van der Waals surface area (Å²) in [7, 11) is 0.742. The minimum atomic E-state index is -7.25. The highest BCUT2D eigenvalue weighted by Crippen LogP contribution is 2.56. The van der Waals surface area contributed by atoms with E-state index in [0.717, 1.165) is 7.05 Å². The molecule has 0 amide bonds. The van der Waals surface area contributed by atoms with Gasteiger partial charge in [0.1, 0.15) is 0 Å². The quantitative estimate of drug-likeness (QED) is 0.159. The van der Waals surface area contributed by atoms with Crippen molar-refractivity contribution >= 4 is 0 Å². The van der Waals surface area contributed by atoms with E-state index in [9.17, 15) is 87.8 Å². The zero-order valence-corrected chi connectivity index (χ0v) is 18.4. The van der Waals surface area contributed by atoms with Gasteiger partial charge in [-0.15, -0.1) is 0 Å². The summed E-state index contributed by atoms with van der Waals surface area (Å²) in [5.41, 5.74) is 0. The normalized spacial score (nSPS) is 15.8. The molecule has 0 aromatic carbocycles. The molecule has 21 heteroatoms. The van der Waals surface area contributed by atoms with Crippen LogP contribution in [0.4, 0.5) is 87.8 Å². The second-order valence-corrected chi connectivity index (χ2v) is 8.06. The van der Waals surface area contributed by atoms with Crippen molar-refractivity contribution in [1.82, 2.24) is 4.90 Å². The van der Waals surface area contributed by atoms with Crippen LogP contribution in [-0.2, 0) is 0 Å². The lowest BCUT2D eigenvalue weighted by Gasteiger charge is -2.36. The third-order valence-corrected chi connectivity index (χ3v) is 5.15. The second-order valence-electron chi connectivity index (χ2n) is 8.06. The zero-order valence-electron chi connectivity index (χ0n) is 18.4. The zero-order chi connectivity index (χ0) is 31.0. The fourth-order valence-electron chi connectivity index (χ4n) is 2.72. The lowest BCUT2D eigenvalue weighted by atomic mass is 9.95. The molecule has 0 aliphatic carbocycles. The van der Waals surface area contributed by atoms with Gasteiger partial charge in [0.05, 0.1) is 0 Å². The first-order chi connectivity index (χ1) is 16.5. The van der Waals surface area contributed by atoms with Crippen molar-refractivity contribution < 1.29 is 87.8 Å².